The van der Waals surface area contributed by atoms with Crippen molar-refractivity contribution in [1.29, 1.82) is 0 Å². The van der Waals surface area contributed by atoms with E-state index in [0.717, 1.165) is 12.1 Å². The van der Waals surface area contributed by atoms with Gasteiger partial charge in [0.2, 0.25) is 0 Å². The number of hydrogen-bond acceptors (Lipinski definition) is 3. The summed E-state index contributed by atoms with van der Waals surface area (Å²) in [5.74, 6) is -0.541. The van der Waals surface area contributed by atoms with Gasteiger partial charge in [0.1, 0.15) is 11.5 Å². The summed E-state index contributed by atoms with van der Waals surface area (Å²) in [6.45, 7) is 3.87. The number of benzene rings is 1. The predicted octanol–water partition coefficient (Wildman–Crippen LogP) is 3.45. The standard InChI is InChI=1S/C13H13BrF2N2.CO2/c1-3-9-7-18(12(4-2)17-9)13-10(15)5-8(14)6-11(13)16;2-1-3/h5-7H,3-4H2,1-2H3;. The second-order valence-electron chi connectivity index (χ2n) is 4.03. The van der Waals surface area contributed by atoms with Gasteiger partial charge in [-0.05, 0) is 18.6 Å². The van der Waals surface area contributed by atoms with Gasteiger partial charge in [0.05, 0.1) is 5.69 Å². The van der Waals surface area contributed by atoms with Gasteiger partial charge < -0.3 is 0 Å². The van der Waals surface area contributed by atoms with Crippen LogP contribution in [0.25, 0.3) is 5.69 Å². The van der Waals surface area contributed by atoms with Crippen molar-refractivity contribution in [3.8, 4) is 5.69 Å². The molecular weight excluding hydrogens is 346 g/mol. The van der Waals surface area contributed by atoms with E-state index in [1.165, 1.54) is 16.7 Å². The molecule has 0 N–H and O–H groups in total. The van der Waals surface area contributed by atoms with E-state index < -0.39 is 11.6 Å². The highest BCUT2D eigenvalue weighted by atomic mass is 79.9. The normalized spacial score (nSPS) is 9.76. The molecule has 0 radical (unpaired) electrons. The van der Waals surface area contributed by atoms with Gasteiger partial charge in [0.15, 0.2) is 11.6 Å². The average molecular weight is 359 g/mol. The zero-order valence-electron chi connectivity index (χ0n) is 11.5. The molecule has 0 unspecified atom stereocenters. The van der Waals surface area contributed by atoms with Crippen molar-refractivity contribution < 1.29 is 18.4 Å². The third-order valence-corrected chi connectivity index (χ3v) is 3.19. The molecule has 7 heteroatoms. The van der Waals surface area contributed by atoms with Crippen LogP contribution in [0.3, 0.4) is 0 Å². The molecule has 0 spiro atoms. The van der Waals surface area contributed by atoms with Crippen molar-refractivity contribution >= 4 is 22.1 Å². The Morgan fingerprint density at radius 1 is 1.19 bits per heavy atom. The summed E-state index contributed by atoms with van der Waals surface area (Å²) in [5.41, 5.74) is 0.760. The fraction of sp³-hybridized carbons (Fsp3) is 0.286. The zero-order valence-corrected chi connectivity index (χ0v) is 13.1. The predicted molar refractivity (Wildman–Crippen MR) is 74.9 cm³/mol. The van der Waals surface area contributed by atoms with Crippen molar-refractivity contribution in [1.82, 2.24) is 9.55 Å². The molecule has 0 bridgehead atoms. The molecule has 0 aliphatic heterocycles. The quantitative estimate of drug-likeness (QED) is 0.844. The summed E-state index contributed by atoms with van der Waals surface area (Å²) in [7, 11) is 0. The molecule has 0 atom stereocenters. The Hall–Kier alpha value is -1.85. The van der Waals surface area contributed by atoms with Crippen molar-refractivity contribution in [2.75, 3.05) is 0 Å². The monoisotopic (exact) mass is 358 g/mol. The van der Waals surface area contributed by atoms with Crippen LogP contribution >= 0.6 is 15.9 Å². The molecule has 4 nitrogen and oxygen atoms in total. The van der Waals surface area contributed by atoms with Crippen LogP contribution in [-0.2, 0) is 22.4 Å². The summed E-state index contributed by atoms with van der Waals surface area (Å²) < 4.78 is 29.7. The Labute approximate surface area is 128 Å². The smallest absolute Gasteiger partial charge is 0.298 e. The Kier molecular flexibility index (Phi) is 6.39. The molecule has 0 fully saturated rings. The Balaban J connectivity index is 0.000000677. The fourth-order valence-electron chi connectivity index (χ4n) is 1.85. The summed E-state index contributed by atoms with van der Waals surface area (Å²) in [5, 5.41) is 0. The molecule has 1 heterocycles. The first-order chi connectivity index (χ1) is 9.98. The molecule has 0 saturated carbocycles. The van der Waals surface area contributed by atoms with E-state index >= 15 is 0 Å². The van der Waals surface area contributed by atoms with E-state index in [0.29, 0.717) is 16.7 Å². The minimum atomic E-state index is -0.600. The molecule has 21 heavy (non-hydrogen) atoms. The van der Waals surface area contributed by atoms with Gasteiger partial charge in [0.25, 0.3) is 0 Å². The summed E-state index contributed by atoms with van der Waals surface area (Å²) in [6.07, 6.45) is 3.29. The van der Waals surface area contributed by atoms with E-state index in [1.54, 1.807) is 6.20 Å². The Bertz CT molecular complexity index is 642. The maximum atomic E-state index is 13.9. The van der Waals surface area contributed by atoms with E-state index in [2.05, 4.69) is 20.9 Å². The highest BCUT2D eigenvalue weighted by molar-refractivity contribution is 9.10. The van der Waals surface area contributed by atoms with Crippen LogP contribution in [0.1, 0.15) is 25.4 Å². The zero-order chi connectivity index (χ0) is 16.0. The van der Waals surface area contributed by atoms with Crippen molar-refractivity contribution in [2.45, 2.75) is 26.7 Å². The molecule has 0 saturated heterocycles. The van der Waals surface area contributed by atoms with Crippen molar-refractivity contribution in [2.24, 2.45) is 0 Å². The lowest BCUT2D eigenvalue weighted by atomic mass is 10.2. The van der Waals surface area contributed by atoms with Gasteiger partial charge in [-0.2, -0.15) is 9.59 Å². The third kappa shape index (κ3) is 4.06. The highest BCUT2D eigenvalue weighted by Crippen LogP contribution is 2.24. The maximum absolute atomic E-state index is 13.9. The van der Waals surface area contributed by atoms with Crippen LogP contribution in [0.15, 0.2) is 22.8 Å². The van der Waals surface area contributed by atoms with Gasteiger partial charge >= 0.3 is 6.15 Å². The number of aryl methyl sites for hydroxylation is 2. The van der Waals surface area contributed by atoms with Gasteiger partial charge in [-0.15, -0.1) is 0 Å². The molecule has 0 aliphatic carbocycles. The van der Waals surface area contributed by atoms with E-state index in [9.17, 15) is 8.78 Å². The van der Waals surface area contributed by atoms with Gasteiger partial charge in [0, 0.05) is 17.1 Å². The molecule has 0 amide bonds. The lowest BCUT2D eigenvalue weighted by molar-refractivity contribution is -0.191. The number of hydrogen-bond donors (Lipinski definition) is 0. The minimum Gasteiger partial charge on any atom is -0.298 e. The van der Waals surface area contributed by atoms with Crippen LogP contribution in [0.5, 0.6) is 0 Å². The number of halogens is 3. The SMILES string of the molecule is CCc1cn(-c2c(F)cc(Br)cc2F)c(CC)n1.O=C=O. The lowest BCUT2D eigenvalue weighted by Crippen LogP contribution is -2.04. The molecule has 112 valence electrons. The maximum Gasteiger partial charge on any atom is 0.373 e. The summed E-state index contributed by atoms with van der Waals surface area (Å²) in [6, 6.07) is 2.51. The van der Waals surface area contributed by atoms with Gasteiger partial charge in [-0.3, -0.25) is 4.57 Å². The first kappa shape index (κ1) is 17.2. The third-order valence-electron chi connectivity index (χ3n) is 2.73. The summed E-state index contributed by atoms with van der Waals surface area (Å²) >= 11 is 3.07. The fourth-order valence-corrected chi connectivity index (χ4v) is 2.25. The van der Waals surface area contributed by atoms with Gasteiger partial charge in [-0.1, -0.05) is 29.8 Å². The van der Waals surface area contributed by atoms with Crippen LogP contribution in [0.2, 0.25) is 0 Å². The molecule has 1 aromatic carbocycles. The van der Waals surface area contributed by atoms with Crippen molar-refractivity contribution in [3.63, 3.8) is 0 Å². The number of rotatable bonds is 3. The number of carbonyl (C=O) groups excluding carboxylic acids is 2. The summed E-state index contributed by atoms with van der Waals surface area (Å²) in [4.78, 5) is 20.6. The topological polar surface area (TPSA) is 52.0 Å². The van der Waals surface area contributed by atoms with E-state index in [1.807, 2.05) is 13.8 Å². The van der Waals surface area contributed by atoms with E-state index in [-0.39, 0.29) is 11.8 Å². The average Bonchev–Trinajstić information content (AvgIpc) is 2.81. The molecular formula is C14H13BrF2N2O2. The second kappa shape index (κ2) is 7.81. The van der Waals surface area contributed by atoms with Gasteiger partial charge in [-0.25, -0.2) is 13.8 Å². The molecule has 1 aromatic heterocycles. The van der Waals surface area contributed by atoms with Crippen LogP contribution < -0.4 is 0 Å². The number of imidazole rings is 1. The van der Waals surface area contributed by atoms with Crippen molar-refractivity contribution in [3.05, 3.63) is 46.0 Å². The number of nitrogens with zero attached hydrogens (tertiary/aromatic N) is 2. The second-order valence-corrected chi connectivity index (χ2v) is 4.94. The highest BCUT2D eigenvalue weighted by Gasteiger charge is 2.16. The van der Waals surface area contributed by atoms with Crippen LogP contribution in [-0.4, -0.2) is 15.7 Å². The minimum absolute atomic E-state index is 0.0674. The first-order valence-electron chi connectivity index (χ1n) is 6.19. The molecule has 0 aliphatic rings. The van der Waals surface area contributed by atoms with Crippen LogP contribution in [0.4, 0.5) is 8.78 Å². The molecule has 2 aromatic rings. The number of aromatic nitrogens is 2. The van der Waals surface area contributed by atoms with Crippen LogP contribution in [0, 0.1) is 11.6 Å². The van der Waals surface area contributed by atoms with E-state index in [4.69, 9.17) is 9.59 Å². The lowest BCUT2D eigenvalue weighted by Gasteiger charge is -2.09. The molecule has 2 rings (SSSR count). The largest absolute Gasteiger partial charge is 0.373 e. The Morgan fingerprint density at radius 3 is 2.14 bits per heavy atom. The Morgan fingerprint density at radius 2 is 1.71 bits per heavy atom. The first-order valence-corrected chi connectivity index (χ1v) is 6.99.